The van der Waals surface area contributed by atoms with Gasteiger partial charge in [0.15, 0.2) is 0 Å². The van der Waals surface area contributed by atoms with E-state index in [1.807, 2.05) is 45.0 Å². The highest BCUT2D eigenvalue weighted by molar-refractivity contribution is 5.88. The summed E-state index contributed by atoms with van der Waals surface area (Å²) in [6, 6.07) is 14.9. The van der Waals surface area contributed by atoms with Crippen LogP contribution in [-0.2, 0) is 7.05 Å². The number of rotatable bonds is 4. The monoisotopic (exact) mass is 446 g/mol. The van der Waals surface area contributed by atoms with Crippen LogP contribution in [0.1, 0.15) is 39.8 Å². The normalized spacial score (nSPS) is 18.7. The van der Waals surface area contributed by atoms with E-state index in [0.29, 0.717) is 11.2 Å². The van der Waals surface area contributed by atoms with Gasteiger partial charge in [-0.25, -0.2) is 4.98 Å². The Morgan fingerprint density at radius 2 is 1.82 bits per heavy atom. The molecule has 1 aliphatic rings. The summed E-state index contributed by atoms with van der Waals surface area (Å²) in [6.07, 6.45) is 0.881. The van der Waals surface area contributed by atoms with Crippen LogP contribution in [0.4, 0.5) is 5.69 Å². The minimum atomic E-state index is -0.241. The maximum absolute atomic E-state index is 12.6. The second-order valence-corrected chi connectivity index (χ2v) is 9.66. The van der Waals surface area contributed by atoms with E-state index in [0.717, 1.165) is 42.2 Å². The molecule has 0 spiro atoms. The second kappa shape index (κ2) is 8.78. The van der Waals surface area contributed by atoms with Gasteiger partial charge in [-0.1, -0.05) is 6.92 Å². The van der Waals surface area contributed by atoms with E-state index in [9.17, 15) is 10.1 Å². The molecule has 2 aromatic heterocycles. The lowest BCUT2D eigenvalue weighted by molar-refractivity contribution is 0.119. The third-order valence-corrected chi connectivity index (χ3v) is 5.89. The van der Waals surface area contributed by atoms with Crippen molar-refractivity contribution >= 4 is 16.7 Å². The summed E-state index contributed by atoms with van der Waals surface area (Å²) >= 11 is 0. The highest BCUT2D eigenvalue weighted by Gasteiger charge is 2.29. The first kappa shape index (κ1) is 22.7. The lowest BCUT2D eigenvalue weighted by atomic mass is 9.95. The first-order valence-electron chi connectivity index (χ1n) is 11.3. The second-order valence-electron chi connectivity index (χ2n) is 9.66. The molecule has 0 aliphatic carbocycles. The lowest BCUT2D eigenvalue weighted by Gasteiger charge is -2.38. The van der Waals surface area contributed by atoms with Crippen molar-refractivity contribution < 1.29 is 9.47 Å². The van der Waals surface area contributed by atoms with Crippen LogP contribution >= 0.6 is 0 Å². The molecule has 33 heavy (non-hydrogen) atoms. The zero-order valence-corrected chi connectivity index (χ0v) is 19.8. The minimum Gasteiger partial charge on any atom is -0.490 e. The quantitative estimate of drug-likeness (QED) is 0.595. The predicted molar refractivity (Wildman–Crippen MR) is 129 cm³/mol. The molecule has 0 radical (unpaired) electrons. The number of aryl methyl sites for hydroxylation is 1. The molecular weight excluding hydrogens is 416 g/mol. The fourth-order valence-corrected chi connectivity index (χ4v) is 4.25. The minimum absolute atomic E-state index is 0.0658. The summed E-state index contributed by atoms with van der Waals surface area (Å²) in [5.74, 6) is 1.88. The number of nitriles is 1. The van der Waals surface area contributed by atoms with Crippen LogP contribution in [0, 0.1) is 17.2 Å². The van der Waals surface area contributed by atoms with Gasteiger partial charge in [-0.05, 0) is 57.2 Å². The van der Waals surface area contributed by atoms with Crippen LogP contribution in [-0.4, -0.2) is 34.3 Å². The van der Waals surface area contributed by atoms with Gasteiger partial charge in [0.1, 0.15) is 40.5 Å². The summed E-state index contributed by atoms with van der Waals surface area (Å²) < 4.78 is 13.8. The third kappa shape index (κ3) is 4.95. The molecular formula is C26H30N4O3. The fraction of sp³-hybridized carbons (Fsp3) is 0.423. The zero-order chi connectivity index (χ0) is 23.8. The average molecular weight is 447 g/mol. The molecule has 0 N–H and O–H groups in total. The number of hydrogen-bond donors (Lipinski definition) is 0. The lowest BCUT2D eigenvalue weighted by Crippen LogP contribution is -2.45. The molecule has 1 unspecified atom stereocenters. The van der Waals surface area contributed by atoms with Crippen molar-refractivity contribution in [3.05, 3.63) is 58.5 Å². The average Bonchev–Trinajstić information content (AvgIpc) is 2.77. The van der Waals surface area contributed by atoms with Gasteiger partial charge in [0.2, 0.25) is 0 Å². The Hall–Kier alpha value is -3.53. The molecule has 172 valence electrons. The summed E-state index contributed by atoms with van der Waals surface area (Å²) in [5.41, 5.74) is 2.19. The molecule has 1 aromatic carbocycles. The van der Waals surface area contributed by atoms with Gasteiger partial charge in [-0.15, -0.1) is 0 Å². The number of anilines is 1. The highest BCUT2D eigenvalue weighted by Crippen LogP contribution is 2.31. The number of piperidine rings is 1. The van der Waals surface area contributed by atoms with E-state index in [1.54, 1.807) is 29.8 Å². The van der Waals surface area contributed by atoms with Crippen molar-refractivity contribution in [2.75, 3.05) is 18.0 Å². The summed E-state index contributed by atoms with van der Waals surface area (Å²) in [5, 5.41) is 9.29. The van der Waals surface area contributed by atoms with Crippen LogP contribution in [0.15, 0.2) is 47.3 Å². The molecule has 1 saturated heterocycles. The van der Waals surface area contributed by atoms with E-state index in [4.69, 9.17) is 9.47 Å². The van der Waals surface area contributed by atoms with Crippen molar-refractivity contribution in [3.8, 4) is 17.6 Å². The third-order valence-electron chi connectivity index (χ3n) is 5.89. The number of aromatic nitrogens is 2. The fourth-order valence-electron chi connectivity index (χ4n) is 4.25. The zero-order valence-electron chi connectivity index (χ0n) is 19.8. The molecule has 1 fully saturated rings. The van der Waals surface area contributed by atoms with Crippen molar-refractivity contribution in [3.63, 3.8) is 0 Å². The molecule has 7 heteroatoms. The van der Waals surface area contributed by atoms with E-state index < -0.39 is 0 Å². The van der Waals surface area contributed by atoms with Crippen molar-refractivity contribution in [1.29, 1.82) is 5.26 Å². The van der Waals surface area contributed by atoms with Crippen LogP contribution < -0.4 is 19.9 Å². The number of nitrogens with zero attached hydrogens (tertiary/aromatic N) is 4. The first-order chi connectivity index (χ1) is 15.6. The number of benzene rings is 1. The standard InChI is InChI=1S/C26H30N4O3/c1-17-16-30(22-14-24(31)29(5)21-11-6-18(15-27)28-25(21)22)13-12-23(17)32-19-7-9-20(10-8-19)33-26(2,3)4/h6-11,14,17,23H,12-13,16H2,1-5H3/t17?,23-/m1/s1. The van der Waals surface area contributed by atoms with Gasteiger partial charge >= 0.3 is 0 Å². The van der Waals surface area contributed by atoms with Gasteiger partial charge in [-0.3, -0.25) is 4.79 Å². The number of fused-ring (bicyclic) bond motifs is 1. The molecule has 0 bridgehead atoms. The smallest absolute Gasteiger partial charge is 0.252 e. The van der Waals surface area contributed by atoms with Crippen molar-refractivity contribution in [2.45, 2.75) is 45.8 Å². The molecule has 0 saturated carbocycles. The van der Waals surface area contributed by atoms with Gasteiger partial charge in [0.25, 0.3) is 5.56 Å². The topological polar surface area (TPSA) is 80.4 Å². The molecule has 3 aromatic rings. The molecule has 3 heterocycles. The van der Waals surface area contributed by atoms with Gasteiger partial charge in [0.05, 0.1) is 11.2 Å². The van der Waals surface area contributed by atoms with Crippen molar-refractivity contribution in [2.24, 2.45) is 13.0 Å². The summed E-state index contributed by atoms with van der Waals surface area (Å²) in [7, 11) is 1.72. The number of ether oxygens (including phenoxy) is 2. The van der Waals surface area contributed by atoms with Gasteiger partial charge < -0.3 is 18.9 Å². The Kier molecular flexibility index (Phi) is 6.03. The number of hydrogen-bond acceptors (Lipinski definition) is 6. The van der Waals surface area contributed by atoms with Gasteiger partial charge in [-0.2, -0.15) is 5.26 Å². The van der Waals surface area contributed by atoms with Crippen molar-refractivity contribution in [1.82, 2.24) is 9.55 Å². The Balaban J connectivity index is 1.51. The summed E-state index contributed by atoms with van der Waals surface area (Å²) in [4.78, 5) is 19.3. The summed E-state index contributed by atoms with van der Waals surface area (Å²) in [6.45, 7) is 9.70. The molecule has 7 nitrogen and oxygen atoms in total. The molecule has 4 rings (SSSR count). The van der Waals surface area contributed by atoms with Crippen LogP contribution in [0.3, 0.4) is 0 Å². The first-order valence-corrected chi connectivity index (χ1v) is 11.3. The van der Waals surface area contributed by atoms with Crippen LogP contribution in [0.5, 0.6) is 11.5 Å². The SMILES string of the molecule is CC1CN(c2cc(=O)n(C)c3ccc(C#N)nc23)CC[C@H]1Oc1ccc(OC(C)(C)C)cc1. The molecule has 0 amide bonds. The Morgan fingerprint density at radius 3 is 2.45 bits per heavy atom. The van der Waals surface area contributed by atoms with E-state index in [1.165, 1.54) is 0 Å². The van der Waals surface area contributed by atoms with E-state index >= 15 is 0 Å². The molecule has 2 atom stereocenters. The number of pyridine rings is 2. The van der Waals surface area contributed by atoms with E-state index in [2.05, 4.69) is 22.9 Å². The van der Waals surface area contributed by atoms with Crippen LogP contribution in [0.2, 0.25) is 0 Å². The Morgan fingerprint density at radius 1 is 1.12 bits per heavy atom. The van der Waals surface area contributed by atoms with Gasteiger partial charge in [0, 0.05) is 38.5 Å². The maximum Gasteiger partial charge on any atom is 0.252 e. The Bertz CT molecular complexity index is 1250. The Labute approximate surface area is 194 Å². The largest absolute Gasteiger partial charge is 0.490 e. The predicted octanol–water partition coefficient (Wildman–Crippen LogP) is 4.28. The molecule has 1 aliphatic heterocycles. The maximum atomic E-state index is 12.6. The highest BCUT2D eigenvalue weighted by atomic mass is 16.5. The van der Waals surface area contributed by atoms with Crippen LogP contribution in [0.25, 0.3) is 11.0 Å². The van der Waals surface area contributed by atoms with E-state index in [-0.39, 0.29) is 23.2 Å².